The van der Waals surface area contributed by atoms with E-state index in [0.717, 1.165) is 0 Å². The average Bonchev–Trinajstić information content (AvgIpc) is 2.85. The van der Waals surface area contributed by atoms with E-state index in [1.807, 2.05) is 11.3 Å². The first-order valence-electron chi connectivity index (χ1n) is 6.86. The predicted octanol–water partition coefficient (Wildman–Crippen LogP) is 5.20. The Bertz CT molecular complexity index is 614. The van der Waals surface area contributed by atoms with Gasteiger partial charge in [-0.2, -0.15) is 0 Å². The van der Waals surface area contributed by atoms with Crippen molar-refractivity contribution in [3.63, 3.8) is 0 Å². The Morgan fingerprint density at radius 2 is 1.45 bits per heavy atom. The van der Waals surface area contributed by atoms with Gasteiger partial charge in [0.1, 0.15) is 0 Å². The molecule has 0 aliphatic carbocycles. The number of halogens is 1. The van der Waals surface area contributed by atoms with Crippen molar-refractivity contribution in [3.8, 4) is 0 Å². The lowest BCUT2D eigenvalue weighted by atomic mass is 9.85. The Labute approximate surface area is 139 Å². The van der Waals surface area contributed by atoms with E-state index in [4.69, 9.17) is 0 Å². The van der Waals surface area contributed by atoms with Crippen molar-refractivity contribution >= 4 is 33.9 Å². The van der Waals surface area contributed by atoms with Crippen LogP contribution in [0.2, 0.25) is 0 Å². The van der Waals surface area contributed by atoms with E-state index in [1.54, 1.807) is 0 Å². The molecule has 0 amide bonds. The lowest BCUT2D eigenvalue weighted by Gasteiger charge is -2.25. The maximum Gasteiger partial charge on any atom is 0.0656 e. The zero-order chi connectivity index (χ0) is 15.0. The van der Waals surface area contributed by atoms with Crippen molar-refractivity contribution in [2.45, 2.75) is 40.7 Å². The Kier molecular flexibility index (Phi) is 4.92. The molecule has 2 aromatic rings. The van der Waals surface area contributed by atoms with Crippen LogP contribution in [0.5, 0.6) is 0 Å². The molecule has 0 saturated heterocycles. The van der Waals surface area contributed by atoms with Crippen LogP contribution in [0.1, 0.15) is 45.0 Å². The third-order valence-corrected chi connectivity index (χ3v) is 6.36. The van der Waals surface area contributed by atoms with Crippen LogP contribution in [0, 0.1) is 37.5 Å². The molecule has 0 aliphatic heterocycles. The second-order valence-corrected chi connectivity index (χ2v) is 8.25. The molecule has 0 aliphatic rings. The third kappa shape index (κ3) is 2.68. The molecular formula is C17H22INS. The van der Waals surface area contributed by atoms with E-state index in [1.165, 1.54) is 41.8 Å². The van der Waals surface area contributed by atoms with Crippen molar-refractivity contribution in [1.82, 2.24) is 5.32 Å². The number of hydrogen-bond acceptors (Lipinski definition) is 2. The molecule has 1 nitrogen and oxygen atoms in total. The normalized spacial score (nSPS) is 12.8. The summed E-state index contributed by atoms with van der Waals surface area (Å²) in [5.74, 6) is 0. The van der Waals surface area contributed by atoms with E-state index >= 15 is 0 Å². The summed E-state index contributed by atoms with van der Waals surface area (Å²) in [4.78, 5) is 0. The summed E-state index contributed by atoms with van der Waals surface area (Å²) < 4.78 is 1.34. The van der Waals surface area contributed by atoms with Gasteiger partial charge in [-0.1, -0.05) is 0 Å². The van der Waals surface area contributed by atoms with Crippen molar-refractivity contribution in [2.75, 3.05) is 7.05 Å². The molecule has 1 N–H and O–H groups in total. The fraction of sp³-hybridized carbons (Fsp3) is 0.412. The van der Waals surface area contributed by atoms with Crippen LogP contribution in [0.4, 0.5) is 0 Å². The maximum atomic E-state index is 3.51. The van der Waals surface area contributed by atoms with Gasteiger partial charge in [0.25, 0.3) is 0 Å². The van der Waals surface area contributed by atoms with Crippen molar-refractivity contribution in [1.29, 1.82) is 0 Å². The highest BCUT2D eigenvalue weighted by molar-refractivity contribution is 14.1. The first-order chi connectivity index (χ1) is 9.38. The highest BCUT2D eigenvalue weighted by Crippen LogP contribution is 2.35. The molecule has 0 fully saturated rings. The first kappa shape index (κ1) is 16.0. The summed E-state index contributed by atoms with van der Waals surface area (Å²) in [6, 6.07) is 2.57. The molecule has 3 heteroatoms. The molecule has 2 rings (SSSR count). The van der Waals surface area contributed by atoms with Crippen LogP contribution in [-0.2, 0) is 0 Å². The topological polar surface area (TPSA) is 12.0 Å². The summed E-state index contributed by atoms with van der Waals surface area (Å²) in [5, 5.41) is 5.78. The molecule has 1 aromatic heterocycles. The van der Waals surface area contributed by atoms with Gasteiger partial charge < -0.3 is 5.32 Å². The SMILES string of the molecule is CNC(c1csc(I)c1)c1c(C)c(C)c(C)c(C)c1C. The Morgan fingerprint density at radius 1 is 0.950 bits per heavy atom. The minimum absolute atomic E-state index is 0.285. The third-order valence-electron chi connectivity index (χ3n) is 4.56. The predicted molar refractivity (Wildman–Crippen MR) is 98.1 cm³/mol. The first-order valence-corrected chi connectivity index (χ1v) is 8.82. The van der Waals surface area contributed by atoms with Gasteiger partial charge in [-0.3, -0.25) is 0 Å². The number of nitrogens with one attached hydrogen (secondary N) is 1. The molecule has 1 heterocycles. The Morgan fingerprint density at radius 3 is 1.85 bits per heavy atom. The monoisotopic (exact) mass is 399 g/mol. The lowest BCUT2D eigenvalue weighted by molar-refractivity contribution is 0.683. The maximum absolute atomic E-state index is 3.51. The van der Waals surface area contributed by atoms with Gasteiger partial charge in [-0.25, -0.2) is 0 Å². The van der Waals surface area contributed by atoms with E-state index in [9.17, 15) is 0 Å². The number of hydrogen-bond donors (Lipinski definition) is 1. The van der Waals surface area contributed by atoms with Crippen LogP contribution in [-0.4, -0.2) is 7.05 Å². The minimum Gasteiger partial charge on any atom is -0.309 e. The second kappa shape index (κ2) is 6.16. The standard InChI is InChI=1S/C17H22INS/c1-9-10(2)12(4)16(13(5)11(9)3)17(19-6)14-7-15(18)20-8-14/h7-8,17,19H,1-6H3. The second-order valence-electron chi connectivity index (χ2n) is 5.44. The van der Waals surface area contributed by atoms with Gasteiger partial charge >= 0.3 is 0 Å². The quantitative estimate of drug-likeness (QED) is 0.700. The van der Waals surface area contributed by atoms with Crippen LogP contribution in [0.15, 0.2) is 11.4 Å². The average molecular weight is 399 g/mol. The molecule has 108 valence electrons. The smallest absolute Gasteiger partial charge is 0.0656 e. The van der Waals surface area contributed by atoms with Gasteiger partial charge in [0.15, 0.2) is 0 Å². The summed E-state index contributed by atoms with van der Waals surface area (Å²) in [5.41, 5.74) is 9.94. The van der Waals surface area contributed by atoms with Crippen LogP contribution in [0.3, 0.4) is 0 Å². The van der Waals surface area contributed by atoms with E-state index in [2.05, 4.69) is 81.0 Å². The molecule has 1 atom stereocenters. The lowest BCUT2D eigenvalue weighted by Crippen LogP contribution is -2.20. The molecule has 20 heavy (non-hydrogen) atoms. The van der Waals surface area contributed by atoms with Crippen LogP contribution in [0.25, 0.3) is 0 Å². The van der Waals surface area contributed by atoms with Gasteiger partial charge in [0.05, 0.1) is 8.93 Å². The van der Waals surface area contributed by atoms with Gasteiger partial charge in [0, 0.05) is 0 Å². The summed E-state index contributed by atoms with van der Waals surface area (Å²) in [7, 11) is 2.05. The van der Waals surface area contributed by atoms with Crippen LogP contribution >= 0.6 is 33.9 Å². The van der Waals surface area contributed by atoms with Gasteiger partial charge in [-0.05, 0) is 115 Å². The van der Waals surface area contributed by atoms with E-state index < -0.39 is 0 Å². The molecule has 1 unspecified atom stereocenters. The fourth-order valence-electron chi connectivity index (χ4n) is 2.91. The number of benzene rings is 1. The van der Waals surface area contributed by atoms with Gasteiger partial charge in [-0.15, -0.1) is 11.3 Å². The molecule has 0 bridgehead atoms. The Hall–Kier alpha value is -0.390. The molecule has 0 radical (unpaired) electrons. The zero-order valence-corrected chi connectivity index (χ0v) is 16.0. The van der Waals surface area contributed by atoms with Crippen LogP contribution < -0.4 is 5.32 Å². The van der Waals surface area contributed by atoms with E-state index in [-0.39, 0.29) is 6.04 Å². The fourth-order valence-corrected chi connectivity index (χ4v) is 4.31. The van der Waals surface area contributed by atoms with E-state index in [0.29, 0.717) is 0 Å². The summed E-state index contributed by atoms with van der Waals surface area (Å²) in [6.45, 7) is 11.2. The zero-order valence-electron chi connectivity index (χ0n) is 13.0. The highest BCUT2D eigenvalue weighted by atomic mass is 127. The largest absolute Gasteiger partial charge is 0.309 e. The summed E-state index contributed by atoms with van der Waals surface area (Å²) >= 11 is 4.21. The highest BCUT2D eigenvalue weighted by Gasteiger charge is 2.21. The minimum atomic E-state index is 0.285. The molecule has 0 spiro atoms. The summed E-state index contributed by atoms with van der Waals surface area (Å²) in [6.07, 6.45) is 0. The van der Waals surface area contributed by atoms with Crippen molar-refractivity contribution < 1.29 is 0 Å². The molecule has 0 saturated carbocycles. The number of rotatable bonds is 3. The Balaban J connectivity index is 2.67. The van der Waals surface area contributed by atoms with Crippen molar-refractivity contribution in [3.05, 3.63) is 53.3 Å². The van der Waals surface area contributed by atoms with Crippen molar-refractivity contribution in [2.24, 2.45) is 0 Å². The molecule has 1 aromatic carbocycles. The van der Waals surface area contributed by atoms with Gasteiger partial charge in [0.2, 0.25) is 0 Å². The molecular weight excluding hydrogens is 377 g/mol. The number of thiophene rings is 1.